The molecule has 1 N–H and O–H groups in total. The molecule has 2 aliphatic heterocycles. The number of carbonyl (C=O) groups excluding carboxylic acids is 2. The highest BCUT2D eigenvalue weighted by molar-refractivity contribution is 6.04. The first-order valence-electron chi connectivity index (χ1n) is 9.91. The molecule has 2 aliphatic rings. The zero-order valence-corrected chi connectivity index (χ0v) is 16.0. The predicted molar refractivity (Wildman–Crippen MR) is 103 cm³/mol. The molecule has 26 heavy (non-hydrogen) atoms. The Morgan fingerprint density at radius 1 is 1.12 bits per heavy atom. The van der Waals surface area contributed by atoms with Gasteiger partial charge in [0.25, 0.3) is 5.91 Å². The zero-order valence-electron chi connectivity index (χ0n) is 16.0. The van der Waals surface area contributed by atoms with Crippen LogP contribution in [0.25, 0.3) is 0 Å². The number of hydrogen-bond donors (Lipinski definition) is 1. The average molecular weight is 357 g/mol. The van der Waals surface area contributed by atoms with Crippen LogP contribution in [0.5, 0.6) is 0 Å². The van der Waals surface area contributed by atoms with E-state index < -0.39 is 0 Å². The number of carbonyl (C=O) groups is 2. The van der Waals surface area contributed by atoms with E-state index in [1.54, 1.807) is 0 Å². The van der Waals surface area contributed by atoms with Gasteiger partial charge < -0.3 is 5.32 Å². The molecule has 0 saturated carbocycles. The maximum atomic E-state index is 12.5. The van der Waals surface area contributed by atoms with Gasteiger partial charge in [-0.25, -0.2) is 9.69 Å². The maximum absolute atomic E-state index is 12.5. The smallest absolute Gasteiger partial charge is 0.325 e. The number of likely N-dealkylation sites (tertiary alicyclic amines) is 1. The third-order valence-corrected chi connectivity index (χ3v) is 5.55. The Bertz CT molecular complexity index is 609. The molecule has 0 spiro atoms. The molecule has 0 aromatic heterocycles. The van der Waals surface area contributed by atoms with Gasteiger partial charge in [0.15, 0.2) is 0 Å². The number of rotatable bonds is 7. The molecule has 2 heterocycles. The van der Waals surface area contributed by atoms with Gasteiger partial charge in [-0.3, -0.25) is 9.69 Å². The van der Waals surface area contributed by atoms with Crippen molar-refractivity contribution in [2.24, 2.45) is 11.8 Å². The van der Waals surface area contributed by atoms with Crippen LogP contribution >= 0.6 is 0 Å². The Hall–Kier alpha value is -1.88. The Kier molecular flexibility index (Phi) is 6.30. The van der Waals surface area contributed by atoms with Crippen LogP contribution in [0.3, 0.4) is 0 Å². The van der Waals surface area contributed by atoms with Crippen LogP contribution in [0, 0.1) is 11.8 Å². The monoisotopic (exact) mass is 357 g/mol. The fourth-order valence-corrected chi connectivity index (χ4v) is 3.97. The summed E-state index contributed by atoms with van der Waals surface area (Å²) in [5, 5.41) is 2.83. The second-order valence-corrected chi connectivity index (χ2v) is 8.12. The maximum Gasteiger partial charge on any atom is 0.325 e. The number of benzene rings is 1. The van der Waals surface area contributed by atoms with Crippen LogP contribution in [0.2, 0.25) is 0 Å². The standard InChI is InChI=1S/C21H31N3O2/c1-16(2)14-19-20(25)24(21(26)22-19)15-23-12-10-18(11-13-23)9-8-17-6-4-3-5-7-17/h3-7,16,18-19H,8-15H2,1-2H3,(H,22,26)/t19-/m0/s1. The molecule has 0 bridgehead atoms. The summed E-state index contributed by atoms with van der Waals surface area (Å²) in [4.78, 5) is 28.3. The molecule has 5 nitrogen and oxygen atoms in total. The minimum Gasteiger partial charge on any atom is -0.326 e. The lowest BCUT2D eigenvalue weighted by atomic mass is 9.91. The summed E-state index contributed by atoms with van der Waals surface area (Å²) in [6, 6.07) is 10.1. The molecule has 3 rings (SSSR count). The molecular formula is C21H31N3O2. The molecule has 1 atom stereocenters. The van der Waals surface area contributed by atoms with Gasteiger partial charge in [-0.15, -0.1) is 0 Å². The highest BCUT2D eigenvalue weighted by atomic mass is 16.2. The Morgan fingerprint density at radius 2 is 1.81 bits per heavy atom. The number of urea groups is 1. The molecule has 2 saturated heterocycles. The van der Waals surface area contributed by atoms with E-state index in [2.05, 4.69) is 54.4 Å². The van der Waals surface area contributed by atoms with Crippen molar-refractivity contribution >= 4 is 11.9 Å². The SMILES string of the molecule is CC(C)C[C@@H]1NC(=O)N(CN2CCC(CCc3ccccc3)CC2)C1=O. The van der Waals surface area contributed by atoms with E-state index in [-0.39, 0.29) is 18.0 Å². The lowest BCUT2D eigenvalue weighted by Crippen LogP contribution is -2.45. The third kappa shape index (κ3) is 4.85. The van der Waals surface area contributed by atoms with E-state index in [1.807, 2.05) is 0 Å². The molecule has 2 fully saturated rings. The summed E-state index contributed by atoms with van der Waals surface area (Å²) in [6.45, 7) is 6.51. The molecule has 142 valence electrons. The van der Waals surface area contributed by atoms with E-state index in [1.165, 1.54) is 16.9 Å². The number of imide groups is 1. The van der Waals surface area contributed by atoms with Gasteiger partial charge in [0.1, 0.15) is 6.04 Å². The third-order valence-electron chi connectivity index (χ3n) is 5.55. The van der Waals surface area contributed by atoms with Crippen molar-refractivity contribution in [1.82, 2.24) is 15.1 Å². The summed E-state index contributed by atoms with van der Waals surface area (Å²) in [6.07, 6.45) is 5.35. The number of aryl methyl sites for hydroxylation is 1. The number of nitrogens with one attached hydrogen (secondary N) is 1. The first-order chi connectivity index (χ1) is 12.5. The summed E-state index contributed by atoms with van der Waals surface area (Å²) in [5.74, 6) is 1.07. The van der Waals surface area contributed by atoms with Crippen LogP contribution in [0.15, 0.2) is 30.3 Å². The van der Waals surface area contributed by atoms with Crippen molar-refractivity contribution in [3.05, 3.63) is 35.9 Å². The van der Waals surface area contributed by atoms with Crippen molar-refractivity contribution in [3.8, 4) is 0 Å². The molecule has 0 aliphatic carbocycles. The lowest BCUT2D eigenvalue weighted by molar-refractivity contribution is -0.129. The average Bonchev–Trinajstić information content (AvgIpc) is 2.89. The van der Waals surface area contributed by atoms with Crippen molar-refractivity contribution in [2.75, 3.05) is 19.8 Å². The lowest BCUT2D eigenvalue weighted by Gasteiger charge is -2.33. The van der Waals surface area contributed by atoms with E-state index in [9.17, 15) is 9.59 Å². The first-order valence-corrected chi connectivity index (χ1v) is 9.91. The molecular weight excluding hydrogens is 326 g/mol. The van der Waals surface area contributed by atoms with Crippen molar-refractivity contribution in [2.45, 2.75) is 52.0 Å². The number of nitrogens with zero attached hydrogens (tertiary/aromatic N) is 2. The van der Waals surface area contributed by atoms with E-state index in [4.69, 9.17) is 0 Å². The second kappa shape index (κ2) is 8.67. The fourth-order valence-electron chi connectivity index (χ4n) is 3.97. The summed E-state index contributed by atoms with van der Waals surface area (Å²) >= 11 is 0. The Labute approximate surface area is 156 Å². The molecule has 1 aromatic carbocycles. The Morgan fingerprint density at radius 3 is 2.46 bits per heavy atom. The van der Waals surface area contributed by atoms with Crippen LogP contribution in [-0.2, 0) is 11.2 Å². The van der Waals surface area contributed by atoms with E-state index in [0.29, 0.717) is 19.0 Å². The summed E-state index contributed by atoms with van der Waals surface area (Å²) in [7, 11) is 0. The number of piperidine rings is 1. The number of amides is 3. The summed E-state index contributed by atoms with van der Waals surface area (Å²) in [5.41, 5.74) is 1.41. The van der Waals surface area contributed by atoms with Gasteiger partial charge in [0.2, 0.25) is 0 Å². The van der Waals surface area contributed by atoms with Gasteiger partial charge in [0.05, 0.1) is 6.67 Å². The van der Waals surface area contributed by atoms with Crippen LogP contribution in [0.4, 0.5) is 4.79 Å². The number of hydrogen-bond acceptors (Lipinski definition) is 3. The quantitative estimate of drug-likeness (QED) is 0.762. The topological polar surface area (TPSA) is 52.7 Å². The van der Waals surface area contributed by atoms with Gasteiger partial charge >= 0.3 is 6.03 Å². The molecule has 5 heteroatoms. The highest BCUT2D eigenvalue weighted by Gasteiger charge is 2.39. The summed E-state index contributed by atoms with van der Waals surface area (Å²) < 4.78 is 0. The molecule has 1 aromatic rings. The first kappa shape index (κ1) is 18.9. The van der Waals surface area contributed by atoms with Gasteiger partial charge in [-0.05, 0) is 49.5 Å². The van der Waals surface area contributed by atoms with E-state index >= 15 is 0 Å². The van der Waals surface area contributed by atoms with Crippen molar-refractivity contribution < 1.29 is 9.59 Å². The molecule has 0 unspecified atom stereocenters. The zero-order chi connectivity index (χ0) is 18.5. The van der Waals surface area contributed by atoms with Gasteiger partial charge in [-0.1, -0.05) is 44.2 Å². The normalized spacial score (nSPS) is 22.3. The fraction of sp³-hybridized carbons (Fsp3) is 0.619. The second-order valence-electron chi connectivity index (χ2n) is 8.12. The largest absolute Gasteiger partial charge is 0.326 e. The van der Waals surface area contributed by atoms with Gasteiger partial charge in [0, 0.05) is 13.1 Å². The van der Waals surface area contributed by atoms with Crippen LogP contribution in [-0.4, -0.2) is 47.5 Å². The molecule has 3 amide bonds. The van der Waals surface area contributed by atoms with E-state index in [0.717, 1.165) is 38.3 Å². The Balaban J connectivity index is 1.42. The highest BCUT2D eigenvalue weighted by Crippen LogP contribution is 2.23. The minimum atomic E-state index is -0.342. The van der Waals surface area contributed by atoms with Crippen LogP contribution < -0.4 is 5.32 Å². The van der Waals surface area contributed by atoms with Crippen molar-refractivity contribution in [1.29, 1.82) is 0 Å². The minimum absolute atomic E-state index is 0.0603. The van der Waals surface area contributed by atoms with Gasteiger partial charge in [-0.2, -0.15) is 0 Å². The van der Waals surface area contributed by atoms with Crippen LogP contribution in [0.1, 0.15) is 45.1 Å². The molecule has 0 radical (unpaired) electrons. The predicted octanol–water partition coefficient (Wildman–Crippen LogP) is 3.26. The van der Waals surface area contributed by atoms with Crippen molar-refractivity contribution in [3.63, 3.8) is 0 Å².